The van der Waals surface area contributed by atoms with Crippen LogP contribution < -0.4 is 0 Å². The fourth-order valence-electron chi connectivity index (χ4n) is 3.40. The molecule has 154 valence electrons. The number of esters is 1. The summed E-state index contributed by atoms with van der Waals surface area (Å²) in [6.07, 6.45) is 3.81. The Kier molecular flexibility index (Phi) is 9.53. The number of halogens is 2. The van der Waals surface area contributed by atoms with E-state index in [9.17, 15) is 10.1 Å². The molecule has 28 heavy (non-hydrogen) atoms. The molecule has 1 aliphatic heterocycles. The average molecular weight is 428 g/mol. The fourth-order valence-corrected chi connectivity index (χ4v) is 3.70. The highest BCUT2D eigenvalue weighted by atomic mass is 35.5. The predicted octanol–water partition coefficient (Wildman–Crippen LogP) is 5.07. The van der Waals surface area contributed by atoms with E-state index >= 15 is 0 Å². The first-order valence-electron chi connectivity index (χ1n) is 9.72. The Morgan fingerprint density at radius 3 is 2.68 bits per heavy atom. The molecule has 1 heterocycles. The van der Waals surface area contributed by atoms with Crippen LogP contribution in [0.4, 0.5) is 0 Å². The molecule has 0 aliphatic carbocycles. The summed E-state index contributed by atoms with van der Waals surface area (Å²) >= 11 is 12.2. The van der Waals surface area contributed by atoms with Gasteiger partial charge < -0.3 is 14.2 Å². The highest BCUT2D eigenvalue weighted by Gasteiger charge is 2.33. The molecule has 1 atom stereocenters. The first-order valence-corrected chi connectivity index (χ1v) is 10.5. The van der Waals surface area contributed by atoms with Crippen molar-refractivity contribution in [3.8, 4) is 6.07 Å². The number of nitriles is 1. The zero-order chi connectivity index (χ0) is 20.4. The van der Waals surface area contributed by atoms with Gasteiger partial charge in [0.25, 0.3) is 0 Å². The van der Waals surface area contributed by atoms with E-state index in [1.54, 1.807) is 19.1 Å². The van der Waals surface area contributed by atoms with Gasteiger partial charge in [0.2, 0.25) is 0 Å². The molecule has 0 aromatic heterocycles. The van der Waals surface area contributed by atoms with Gasteiger partial charge in [-0.05, 0) is 56.7 Å². The third kappa shape index (κ3) is 6.63. The second-order valence-electron chi connectivity index (χ2n) is 6.91. The highest BCUT2D eigenvalue weighted by molar-refractivity contribution is 6.42. The number of nitrogens with zero attached hydrogens (tertiary/aromatic N) is 1. The quantitative estimate of drug-likeness (QED) is 0.384. The van der Waals surface area contributed by atoms with E-state index in [1.807, 2.05) is 6.07 Å². The molecule has 0 saturated carbocycles. The molecular weight excluding hydrogens is 401 g/mol. The van der Waals surface area contributed by atoms with Crippen LogP contribution in [0.25, 0.3) is 0 Å². The van der Waals surface area contributed by atoms with Crippen LogP contribution >= 0.6 is 23.2 Å². The zero-order valence-electron chi connectivity index (χ0n) is 16.2. The molecule has 1 saturated heterocycles. The van der Waals surface area contributed by atoms with E-state index in [-0.39, 0.29) is 18.5 Å². The number of hydrogen-bond acceptors (Lipinski definition) is 5. The lowest BCUT2D eigenvalue weighted by Gasteiger charge is -2.28. The Morgan fingerprint density at radius 1 is 1.29 bits per heavy atom. The molecule has 0 radical (unpaired) electrons. The number of rotatable bonds is 10. The maximum absolute atomic E-state index is 11.9. The molecule has 1 fully saturated rings. The second kappa shape index (κ2) is 11.6. The van der Waals surface area contributed by atoms with E-state index < -0.39 is 5.41 Å². The summed E-state index contributed by atoms with van der Waals surface area (Å²) in [5.74, 6) is -0.305. The minimum atomic E-state index is -0.847. The summed E-state index contributed by atoms with van der Waals surface area (Å²) in [4.78, 5) is 11.9. The molecule has 0 bridgehead atoms. The molecule has 1 aromatic carbocycles. The Bertz CT molecular complexity index is 685. The first kappa shape index (κ1) is 23.0. The summed E-state index contributed by atoms with van der Waals surface area (Å²) in [5, 5.41) is 10.9. The molecule has 5 nitrogen and oxygen atoms in total. The van der Waals surface area contributed by atoms with E-state index in [4.69, 9.17) is 37.4 Å². The fraction of sp³-hybridized carbons (Fsp3) is 0.619. The van der Waals surface area contributed by atoms with Crippen LogP contribution in [0.3, 0.4) is 0 Å². The number of ether oxygens (including phenoxy) is 3. The van der Waals surface area contributed by atoms with Crippen molar-refractivity contribution in [3.05, 3.63) is 33.8 Å². The lowest BCUT2D eigenvalue weighted by Crippen LogP contribution is -2.28. The second-order valence-corrected chi connectivity index (χ2v) is 7.73. The van der Waals surface area contributed by atoms with Crippen LogP contribution in [0, 0.1) is 11.3 Å². The first-order chi connectivity index (χ1) is 13.5. The molecule has 0 N–H and O–H groups in total. The van der Waals surface area contributed by atoms with Crippen molar-refractivity contribution in [1.82, 2.24) is 0 Å². The van der Waals surface area contributed by atoms with Gasteiger partial charge in [0, 0.05) is 26.2 Å². The third-order valence-electron chi connectivity index (χ3n) is 5.02. The predicted molar refractivity (Wildman–Crippen MR) is 109 cm³/mol. The van der Waals surface area contributed by atoms with Gasteiger partial charge in [-0.25, -0.2) is 0 Å². The van der Waals surface area contributed by atoms with Gasteiger partial charge in [-0.2, -0.15) is 5.26 Å². The minimum Gasteiger partial charge on any atom is -0.466 e. The monoisotopic (exact) mass is 427 g/mol. The van der Waals surface area contributed by atoms with Crippen molar-refractivity contribution < 1.29 is 19.0 Å². The largest absolute Gasteiger partial charge is 0.466 e. The Labute approximate surface area is 176 Å². The van der Waals surface area contributed by atoms with Crippen LogP contribution in [0.15, 0.2) is 18.2 Å². The number of carbonyl (C=O) groups is 1. The molecule has 1 unspecified atom stereocenters. The number of carbonyl (C=O) groups excluding carboxylic acids is 1. The Balaban J connectivity index is 2.06. The van der Waals surface area contributed by atoms with Gasteiger partial charge in [-0.3, -0.25) is 4.79 Å². The van der Waals surface area contributed by atoms with Gasteiger partial charge >= 0.3 is 5.97 Å². The van der Waals surface area contributed by atoms with Crippen molar-refractivity contribution in [1.29, 1.82) is 5.26 Å². The molecule has 0 amide bonds. The average Bonchev–Trinajstić information content (AvgIpc) is 2.71. The summed E-state index contributed by atoms with van der Waals surface area (Å²) in [7, 11) is 0. The van der Waals surface area contributed by atoms with Crippen LogP contribution in [-0.4, -0.2) is 38.5 Å². The van der Waals surface area contributed by atoms with Crippen molar-refractivity contribution >= 4 is 29.2 Å². The third-order valence-corrected chi connectivity index (χ3v) is 5.76. The van der Waals surface area contributed by atoms with Gasteiger partial charge in [-0.15, -0.1) is 0 Å². The van der Waals surface area contributed by atoms with Gasteiger partial charge in [0.1, 0.15) is 0 Å². The molecular formula is C21H27Cl2NO4. The topological polar surface area (TPSA) is 68.6 Å². The summed E-state index contributed by atoms with van der Waals surface area (Å²) in [5.41, 5.74) is -0.0835. The van der Waals surface area contributed by atoms with Gasteiger partial charge in [-0.1, -0.05) is 29.3 Å². The van der Waals surface area contributed by atoms with Crippen LogP contribution in [0.5, 0.6) is 0 Å². The van der Waals surface area contributed by atoms with Crippen LogP contribution in [0.2, 0.25) is 10.0 Å². The van der Waals surface area contributed by atoms with E-state index in [2.05, 4.69) is 6.07 Å². The van der Waals surface area contributed by atoms with Crippen LogP contribution in [-0.2, 0) is 24.4 Å². The minimum absolute atomic E-state index is 0.169. The highest BCUT2D eigenvalue weighted by Crippen LogP contribution is 2.37. The summed E-state index contributed by atoms with van der Waals surface area (Å²) < 4.78 is 16.3. The summed E-state index contributed by atoms with van der Waals surface area (Å²) in [6.45, 7) is 4.12. The van der Waals surface area contributed by atoms with E-state index in [0.29, 0.717) is 42.5 Å². The molecule has 1 aromatic rings. The molecule has 1 aliphatic rings. The Morgan fingerprint density at radius 2 is 2.04 bits per heavy atom. The maximum Gasteiger partial charge on any atom is 0.305 e. The molecule has 0 spiro atoms. The number of benzene rings is 1. The Hall–Kier alpha value is -1.32. The zero-order valence-corrected chi connectivity index (χ0v) is 17.7. The summed E-state index contributed by atoms with van der Waals surface area (Å²) in [6, 6.07) is 7.65. The number of hydrogen-bond donors (Lipinski definition) is 0. The SMILES string of the molecule is CCOC(=O)CCC(C#N)(CCCOC1CCOCC1)c1ccc(Cl)c(Cl)c1. The normalized spacial score (nSPS) is 16.9. The van der Waals surface area contributed by atoms with Gasteiger partial charge in [0.15, 0.2) is 0 Å². The van der Waals surface area contributed by atoms with Crippen molar-refractivity contribution in [3.63, 3.8) is 0 Å². The van der Waals surface area contributed by atoms with E-state index in [1.165, 1.54) is 0 Å². The van der Waals surface area contributed by atoms with E-state index in [0.717, 1.165) is 31.6 Å². The van der Waals surface area contributed by atoms with Gasteiger partial charge in [0.05, 0.1) is 34.2 Å². The maximum atomic E-state index is 11.9. The smallest absolute Gasteiger partial charge is 0.305 e. The van der Waals surface area contributed by atoms with Crippen molar-refractivity contribution in [2.24, 2.45) is 0 Å². The molecule has 2 rings (SSSR count). The van der Waals surface area contributed by atoms with Crippen molar-refractivity contribution in [2.45, 2.75) is 57.0 Å². The lowest BCUT2D eigenvalue weighted by atomic mass is 9.74. The lowest BCUT2D eigenvalue weighted by molar-refractivity contribution is -0.143. The van der Waals surface area contributed by atoms with Crippen LogP contribution in [0.1, 0.15) is 51.0 Å². The van der Waals surface area contributed by atoms with Crippen molar-refractivity contribution in [2.75, 3.05) is 26.4 Å². The molecule has 7 heteroatoms. The standard InChI is InChI=1S/C21H27Cl2NO4/c1-2-27-20(25)6-10-21(15-24,16-4-5-18(22)19(23)14-16)9-3-11-28-17-7-12-26-13-8-17/h4-5,14,17H,2-3,6-13H2,1H3.